The number of rotatable bonds is 1. The molecule has 0 radical (unpaired) electrons. The molecule has 1 aromatic rings. The van der Waals surface area contributed by atoms with Crippen LogP contribution >= 0.6 is 15.9 Å². The van der Waals surface area contributed by atoms with Crippen LogP contribution in [-0.2, 0) is 0 Å². The summed E-state index contributed by atoms with van der Waals surface area (Å²) in [6.45, 7) is 7.98. The molecule has 1 aromatic carbocycles. The summed E-state index contributed by atoms with van der Waals surface area (Å²) in [6, 6.07) is 4.16. The molecule has 0 saturated carbocycles. The van der Waals surface area contributed by atoms with Crippen molar-refractivity contribution in [1.29, 1.82) is 0 Å². The van der Waals surface area contributed by atoms with Crippen molar-refractivity contribution >= 4 is 22.0 Å². The molecule has 0 unspecified atom stereocenters. The van der Waals surface area contributed by atoms with Gasteiger partial charge >= 0.3 is 0 Å². The van der Waals surface area contributed by atoms with Gasteiger partial charge in [-0.05, 0) is 36.6 Å². The summed E-state index contributed by atoms with van der Waals surface area (Å²) in [6.07, 6.45) is 1.88. The van der Waals surface area contributed by atoms with E-state index >= 15 is 0 Å². The molecule has 11 heavy (non-hydrogen) atoms. The van der Waals surface area contributed by atoms with E-state index in [0.29, 0.717) is 0 Å². The second kappa shape index (κ2) is 3.22. The van der Waals surface area contributed by atoms with Gasteiger partial charge in [-0.15, -0.1) is 0 Å². The van der Waals surface area contributed by atoms with Crippen molar-refractivity contribution in [2.75, 3.05) is 0 Å². The Labute approximate surface area is 76.1 Å². The summed E-state index contributed by atoms with van der Waals surface area (Å²) in [7, 11) is 0. The van der Waals surface area contributed by atoms with Crippen LogP contribution < -0.4 is 0 Å². The second-order valence-electron chi connectivity index (χ2n) is 2.61. The quantitative estimate of drug-likeness (QED) is 0.664. The van der Waals surface area contributed by atoms with Crippen molar-refractivity contribution in [3.63, 3.8) is 0 Å². The average molecular weight is 211 g/mol. The summed E-state index contributed by atoms with van der Waals surface area (Å²) >= 11 is 3.47. The van der Waals surface area contributed by atoms with E-state index in [-0.39, 0.29) is 0 Å². The van der Waals surface area contributed by atoms with Crippen LogP contribution in [0.3, 0.4) is 0 Å². The molecule has 0 heterocycles. The van der Waals surface area contributed by atoms with Gasteiger partial charge in [0, 0.05) is 4.47 Å². The van der Waals surface area contributed by atoms with Gasteiger partial charge in [-0.2, -0.15) is 0 Å². The van der Waals surface area contributed by atoms with Crippen molar-refractivity contribution in [3.05, 3.63) is 39.9 Å². The summed E-state index contributed by atoms with van der Waals surface area (Å²) in [5.41, 5.74) is 3.81. The minimum atomic E-state index is 1.12. The van der Waals surface area contributed by atoms with Crippen LogP contribution in [0.4, 0.5) is 0 Å². The maximum atomic E-state index is 3.76. The first-order valence-electron chi connectivity index (χ1n) is 3.55. The van der Waals surface area contributed by atoms with E-state index in [1.807, 2.05) is 6.08 Å². The average Bonchev–Trinajstić information content (AvgIpc) is 1.99. The first kappa shape index (κ1) is 8.54. The largest absolute Gasteiger partial charge is 0.0984 e. The molecule has 0 atom stereocenters. The van der Waals surface area contributed by atoms with E-state index in [1.165, 1.54) is 16.7 Å². The predicted octanol–water partition coefficient (Wildman–Crippen LogP) is 3.71. The first-order chi connectivity index (χ1) is 5.16. The fraction of sp³-hybridized carbons (Fsp3) is 0.200. The first-order valence-corrected chi connectivity index (χ1v) is 4.34. The molecular formula is C10H11Br. The highest BCUT2D eigenvalue weighted by atomic mass is 79.9. The molecule has 0 aromatic heterocycles. The zero-order valence-electron chi connectivity index (χ0n) is 6.82. The highest BCUT2D eigenvalue weighted by molar-refractivity contribution is 9.10. The molecule has 0 aliphatic heterocycles. The predicted molar refractivity (Wildman–Crippen MR) is 53.7 cm³/mol. The monoisotopic (exact) mass is 210 g/mol. The van der Waals surface area contributed by atoms with Crippen molar-refractivity contribution < 1.29 is 0 Å². The normalized spacial score (nSPS) is 9.73. The Kier molecular flexibility index (Phi) is 2.50. The molecule has 0 nitrogen and oxygen atoms in total. The fourth-order valence-electron chi connectivity index (χ4n) is 1.06. The third-order valence-electron chi connectivity index (χ3n) is 1.94. The van der Waals surface area contributed by atoms with Gasteiger partial charge in [0.25, 0.3) is 0 Å². The number of hydrogen-bond acceptors (Lipinski definition) is 0. The zero-order chi connectivity index (χ0) is 8.43. The molecular weight excluding hydrogens is 200 g/mol. The van der Waals surface area contributed by atoms with Gasteiger partial charge in [0.15, 0.2) is 0 Å². The van der Waals surface area contributed by atoms with E-state index < -0.39 is 0 Å². The van der Waals surface area contributed by atoms with Crippen molar-refractivity contribution in [2.45, 2.75) is 13.8 Å². The van der Waals surface area contributed by atoms with Crippen molar-refractivity contribution in [2.24, 2.45) is 0 Å². The number of aryl methyl sites for hydroxylation is 1. The van der Waals surface area contributed by atoms with E-state index in [2.05, 4.69) is 48.5 Å². The minimum absolute atomic E-state index is 1.12. The minimum Gasteiger partial charge on any atom is -0.0984 e. The Bertz CT molecular complexity index is 287. The highest BCUT2D eigenvalue weighted by Gasteiger charge is 2.00. The Morgan fingerprint density at radius 2 is 2.00 bits per heavy atom. The van der Waals surface area contributed by atoms with Crippen LogP contribution in [0, 0.1) is 13.8 Å². The molecule has 0 spiro atoms. The summed E-state index contributed by atoms with van der Waals surface area (Å²) in [4.78, 5) is 0. The molecule has 0 fully saturated rings. The van der Waals surface area contributed by atoms with Gasteiger partial charge in [0.1, 0.15) is 0 Å². The van der Waals surface area contributed by atoms with Crippen LogP contribution in [0.15, 0.2) is 23.2 Å². The summed E-state index contributed by atoms with van der Waals surface area (Å²) < 4.78 is 1.12. The van der Waals surface area contributed by atoms with Gasteiger partial charge < -0.3 is 0 Å². The Morgan fingerprint density at radius 3 is 2.45 bits per heavy atom. The highest BCUT2D eigenvalue weighted by Crippen LogP contribution is 2.23. The smallest absolute Gasteiger partial charge is 0.0250 e. The van der Waals surface area contributed by atoms with Gasteiger partial charge in [-0.3, -0.25) is 0 Å². The van der Waals surface area contributed by atoms with Gasteiger partial charge in [-0.25, -0.2) is 0 Å². The summed E-state index contributed by atoms with van der Waals surface area (Å²) in [5.74, 6) is 0. The summed E-state index contributed by atoms with van der Waals surface area (Å²) in [5, 5.41) is 0. The SMILES string of the molecule is C=Cc1c(Br)ccc(C)c1C. The Morgan fingerprint density at radius 1 is 1.36 bits per heavy atom. The molecule has 0 N–H and O–H groups in total. The molecule has 58 valence electrons. The van der Waals surface area contributed by atoms with E-state index in [9.17, 15) is 0 Å². The molecule has 0 aliphatic carbocycles. The van der Waals surface area contributed by atoms with Crippen LogP contribution in [0.2, 0.25) is 0 Å². The lowest BCUT2D eigenvalue weighted by Gasteiger charge is -2.05. The number of benzene rings is 1. The van der Waals surface area contributed by atoms with Crippen LogP contribution in [0.1, 0.15) is 16.7 Å². The molecule has 0 aliphatic rings. The third kappa shape index (κ3) is 1.54. The maximum Gasteiger partial charge on any atom is 0.0250 e. The van der Waals surface area contributed by atoms with Crippen molar-refractivity contribution in [3.8, 4) is 0 Å². The standard InChI is InChI=1S/C10H11Br/c1-4-9-8(3)7(2)5-6-10(9)11/h4-6H,1H2,2-3H3. The zero-order valence-corrected chi connectivity index (χ0v) is 8.40. The molecule has 0 bridgehead atoms. The Hall–Kier alpha value is -0.560. The van der Waals surface area contributed by atoms with Crippen LogP contribution in [0.25, 0.3) is 6.08 Å². The van der Waals surface area contributed by atoms with Gasteiger partial charge in [-0.1, -0.05) is 34.7 Å². The molecule has 0 saturated heterocycles. The number of halogens is 1. The van der Waals surface area contributed by atoms with E-state index in [1.54, 1.807) is 0 Å². The second-order valence-corrected chi connectivity index (χ2v) is 3.46. The van der Waals surface area contributed by atoms with Crippen LogP contribution in [0.5, 0.6) is 0 Å². The third-order valence-corrected chi connectivity index (χ3v) is 2.63. The molecule has 1 heteroatoms. The lowest BCUT2D eigenvalue weighted by atomic mass is 10.0. The van der Waals surface area contributed by atoms with Gasteiger partial charge in [0.2, 0.25) is 0 Å². The van der Waals surface area contributed by atoms with E-state index in [0.717, 1.165) is 4.47 Å². The lowest BCUT2D eigenvalue weighted by Crippen LogP contribution is -1.86. The Balaban J connectivity index is 3.40. The van der Waals surface area contributed by atoms with Gasteiger partial charge in [0.05, 0.1) is 0 Å². The topological polar surface area (TPSA) is 0 Å². The fourth-order valence-corrected chi connectivity index (χ4v) is 1.65. The van der Waals surface area contributed by atoms with Crippen molar-refractivity contribution in [1.82, 2.24) is 0 Å². The molecule has 1 rings (SSSR count). The maximum absolute atomic E-state index is 3.76. The lowest BCUT2D eigenvalue weighted by molar-refractivity contribution is 1.31. The molecule has 0 amide bonds. The number of hydrogen-bond donors (Lipinski definition) is 0. The van der Waals surface area contributed by atoms with E-state index in [4.69, 9.17) is 0 Å². The van der Waals surface area contributed by atoms with Crippen LogP contribution in [-0.4, -0.2) is 0 Å².